The minimum Gasteiger partial charge on any atom is -0.359 e. The zero-order chi connectivity index (χ0) is 15.9. The van der Waals surface area contributed by atoms with E-state index in [1.165, 1.54) is 5.56 Å². The van der Waals surface area contributed by atoms with Crippen molar-refractivity contribution >= 4 is 21.9 Å². The maximum absolute atomic E-state index is 5.30. The molecule has 0 atom stereocenters. The van der Waals surface area contributed by atoms with Gasteiger partial charge in [0.15, 0.2) is 11.7 Å². The van der Waals surface area contributed by atoms with Crippen molar-refractivity contribution in [3.8, 4) is 0 Å². The number of rotatable bonds is 5. The van der Waals surface area contributed by atoms with Crippen LogP contribution in [0.5, 0.6) is 0 Å². The molecule has 0 saturated heterocycles. The van der Waals surface area contributed by atoms with E-state index in [4.69, 9.17) is 4.52 Å². The van der Waals surface area contributed by atoms with E-state index in [1.54, 1.807) is 7.05 Å². The van der Waals surface area contributed by atoms with Crippen molar-refractivity contribution in [3.05, 3.63) is 51.8 Å². The van der Waals surface area contributed by atoms with Crippen LogP contribution in [0.2, 0.25) is 0 Å². The molecule has 6 heteroatoms. The lowest BCUT2D eigenvalue weighted by Gasteiger charge is -2.10. The average Bonchev–Trinajstić information content (AvgIpc) is 2.98. The molecule has 118 valence electrons. The molecule has 2 rings (SSSR count). The Hall–Kier alpha value is -1.82. The quantitative estimate of drug-likeness (QED) is 0.630. The molecule has 0 unspecified atom stereocenters. The SMILES string of the molecule is CN=C(NCc1ccc(Br)cc1)NCc1cc(C(C)C)no1. The number of guanidine groups is 1. The molecule has 0 bridgehead atoms. The molecule has 0 aliphatic carbocycles. The van der Waals surface area contributed by atoms with Crippen LogP contribution in [-0.2, 0) is 13.1 Å². The van der Waals surface area contributed by atoms with Gasteiger partial charge in [-0.05, 0) is 23.6 Å². The van der Waals surface area contributed by atoms with E-state index in [-0.39, 0.29) is 0 Å². The maximum Gasteiger partial charge on any atom is 0.191 e. The summed E-state index contributed by atoms with van der Waals surface area (Å²) in [7, 11) is 1.75. The summed E-state index contributed by atoms with van der Waals surface area (Å²) in [6, 6.07) is 10.1. The molecule has 1 aromatic carbocycles. The van der Waals surface area contributed by atoms with E-state index in [1.807, 2.05) is 18.2 Å². The van der Waals surface area contributed by atoms with Crippen LogP contribution in [0.4, 0.5) is 0 Å². The molecule has 0 amide bonds. The fourth-order valence-electron chi connectivity index (χ4n) is 1.86. The van der Waals surface area contributed by atoms with Gasteiger partial charge in [0.05, 0.1) is 12.2 Å². The molecule has 2 N–H and O–H groups in total. The molecule has 0 radical (unpaired) electrons. The first-order valence-electron chi connectivity index (χ1n) is 7.23. The van der Waals surface area contributed by atoms with Crippen molar-refractivity contribution in [1.82, 2.24) is 15.8 Å². The van der Waals surface area contributed by atoms with Crippen LogP contribution in [0.1, 0.15) is 36.8 Å². The Balaban J connectivity index is 1.83. The van der Waals surface area contributed by atoms with Crippen molar-refractivity contribution in [3.63, 3.8) is 0 Å². The molecule has 1 aromatic heterocycles. The number of nitrogens with zero attached hydrogens (tertiary/aromatic N) is 2. The molecular weight excluding hydrogens is 344 g/mol. The van der Waals surface area contributed by atoms with Gasteiger partial charge in [0.2, 0.25) is 0 Å². The Labute approximate surface area is 139 Å². The predicted octanol–water partition coefficient (Wildman–Crippen LogP) is 3.43. The Kier molecular flexibility index (Phi) is 6.00. The van der Waals surface area contributed by atoms with Crippen LogP contribution >= 0.6 is 15.9 Å². The number of hydrogen-bond acceptors (Lipinski definition) is 3. The van der Waals surface area contributed by atoms with E-state index < -0.39 is 0 Å². The van der Waals surface area contributed by atoms with E-state index in [0.29, 0.717) is 19.0 Å². The molecule has 0 saturated carbocycles. The van der Waals surface area contributed by atoms with Crippen LogP contribution in [-0.4, -0.2) is 18.2 Å². The second-order valence-electron chi connectivity index (χ2n) is 5.28. The van der Waals surface area contributed by atoms with Gasteiger partial charge in [0.25, 0.3) is 0 Å². The molecule has 0 fully saturated rings. The van der Waals surface area contributed by atoms with Gasteiger partial charge in [-0.2, -0.15) is 0 Å². The molecule has 5 nitrogen and oxygen atoms in total. The Bertz CT molecular complexity index is 619. The normalized spacial score (nSPS) is 11.8. The number of aliphatic imine (C=N–C) groups is 1. The zero-order valence-corrected chi connectivity index (χ0v) is 14.6. The van der Waals surface area contributed by atoms with E-state index in [2.05, 4.69) is 62.7 Å². The zero-order valence-electron chi connectivity index (χ0n) is 13.1. The van der Waals surface area contributed by atoms with Gasteiger partial charge in [-0.1, -0.05) is 47.1 Å². The summed E-state index contributed by atoms with van der Waals surface area (Å²) in [4.78, 5) is 4.20. The summed E-state index contributed by atoms with van der Waals surface area (Å²) < 4.78 is 6.37. The topological polar surface area (TPSA) is 62.5 Å². The van der Waals surface area contributed by atoms with Gasteiger partial charge in [-0.3, -0.25) is 4.99 Å². The van der Waals surface area contributed by atoms with Crippen molar-refractivity contribution in [2.24, 2.45) is 4.99 Å². The summed E-state index contributed by atoms with van der Waals surface area (Å²) in [6.07, 6.45) is 0. The van der Waals surface area contributed by atoms with E-state index in [9.17, 15) is 0 Å². The number of hydrogen-bond donors (Lipinski definition) is 2. The predicted molar refractivity (Wildman–Crippen MR) is 91.8 cm³/mol. The number of nitrogens with one attached hydrogen (secondary N) is 2. The summed E-state index contributed by atoms with van der Waals surface area (Å²) in [6.45, 7) is 5.45. The first kappa shape index (κ1) is 16.5. The van der Waals surface area contributed by atoms with Gasteiger partial charge in [0, 0.05) is 24.1 Å². The van der Waals surface area contributed by atoms with Crippen LogP contribution in [0.15, 0.2) is 44.3 Å². The Morgan fingerprint density at radius 1 is 1.23 bits per heavy atom. The van der Waals surface area contributed by atoms with E-state index >= 15 is 0 Å². The van der Waals surface area contributed by atoms with Gasteiger partial charge >= 0.3 is 0 Å². The molecule has 0 spiro atoms. The molecule has 1 heterocycles. The van der Waals surface area contributed by atoms with Crippen LogP contribution in [0.25, 0.3) is 0 Å². The number of aromatic nitrogens is 1. The third kappa shape index (κ3) is 4.87. The highest BCUT2D eigenvalue weighted by Crippen LogP contribution is 2.13. The number of halogens is 1. The third-order valence-electron chi connectivity index (χ3n) is 3.20. The van der Waals surface area contributed by atoms with Crippen molar-refractivity contribution in [2.45, 2.75) is 32.9 Å². The van der Waals surface area contributed by atoms with Crippen LogP contribution in [0, 0.1) is 0 Å². The molecular formula is C16H21BrN4O. The maximum atomic E-state index is 5.30. The standard InChI is InChI=1S/C16H21BrN4O/c1-11(2)15-8-14(22-21-15)10-20-16(18-3)19-9-12-4-6-13(17)7-5-12/h4-8,11H,9-10H2,1-3H3,(H2,18,19,20). The Morgan fingerprint density at radius 2 is 1.91 bits per heavy atom. The van der Waals surface area contributed by atoms with Crippen molar-refractivity contribution < 1.29 is 4.52 Å². The van der Waals surface area contributed by atoms with Crippen molar-refractivity contribution in [2.75, 3.05) is 7.05 Å². The molecule has 2 aromatic rings. The largest absolute Gasteiger partial charge is 0.359 e. The fraction of sp³-hybridized carbons (Fsp3) is 0.375. The lowest BCUT2D eigenvalue weighted by molar-refractivity contribution is 0.372. The monoisotopic (exact) mass is 364 g/mol. The minimum absolute atomic E-state index is 0.368. The van der Waals surface area contributed by atoms with Crippen LogP contribution in [0.3, 0.4) is 0 Å². The fourth-order valence-corrected chi connectivity index (χ4v) is 2.13. The number of benzene rings is 1. The van der Waals surface area contributed by atoms with Gasteiger partial charge in [0.1, 0.15) is 0 Å². The highest BCUT2D eigenvalue weighted by molar-refractivity contribution is 9.10. The molecule has 22 heavy (non-hydrogen) atoms. The summed E-state index contributed by atoms with van der Waals surface area (Å²) in [5.41, 5.74) is 2.16. The minimum atomic E-state index is 0.368. The lowest BCUT2D eigenvalue weighted by atomic mass is 10.1. The molecule has 0 aliphatic rings. The highest BCUT2D eigenvalue weighted by atomic mass is 79.9. The summed E-state index contributed by atoms with van der Waals surface area (Å²) >= 11 is 3.43. The van der Waals surface area contributed by atoms with Gasteiger partial charge in [-0.25, -0.2) is 0 Å². The van der Waals surface area contributed by atoms with Gasteiger partial charge in [-0.15, -0.1) is 0 Å². The first-order chi connectivity index (χ1) is 10.6. The summed E-state index contributed by atoms with van der Waals surface area (Å²) in [5, 5.41) is 10.5. The van der Waals surface area contributed by atoms with Crippen LogP contribution < -0.4 is 10.6 Å². The second-order valence-corrected chi connectivity index (χ2v) is 6.19. The average molecular weight is 365 g/mol. The Morgan fingerprint density at radius 3 is 2.50 bits per heavy atom. The second kappa shape index (κ2) is 7.98. The lowest BCUT2D eigenvalue weighted by Crippen LogP contribution is -2.36. The van der Waals surface area contributed by atoms with E-state index in [0.717, 1.165) is 21.9 Å². The summed E-state index contributed by atoms with van der Waals surface area (Å²) in [5.74, 6) is 1.90. The first-order valence-corrected chi connectivity index (χ1v) is 8.02. The highest BCUT2D eigenvalue weighted by Gasteiger charge is 2.08. The van der Waals surface area contributed by atoms with Gasteiger partial charge < -0.3 is 15.2 Å². The third-order valence-corrected chi connectivity index (χ3v) is 3.72. The van der Waals surface area contributed by atoms with Crippen molar-refractivity contribution in [1.29, 1.82) is 0 Å². The molecule has 0 aliphatic heterocycles. The smallest absolute Gasteiger partial charge is 0.191 e.